The quantitative estimate of drug-likeness (QED) is 0.640. The van der Waals surface area contributed by atoms with Gasteiger partial charge in [-0.25, -0.2) is 0 Å². The molecule has 0 unspecified atom stereocenters. The molecule has 7 heteroatoms. The molecule has 2 aromatic carbocycles. The van der Waals surface area contributed by atoms with Crippen molar-refractivity contribution in [1.29, 1.82) is 0 Å². The molecule has 0 aliphatic heterocycles. The number of amides is 3. The zero-order valence-corrected chi connectivity index (χ0v) is 14.9. The Balaban J connectivity index is 1.92. The van der Waals surface area contributed by atoms with Gasteiger partial charge in [0.05, 0.1) is 0 Å². The first kappa shape index (κ1) is 19.0. The highest BCUT2D eigenvalue weighted by Crippen LogP contribution is 2.15. The Bertz CT molecular complexity index is 785. The first-order valence-electron chi connectivity index (χ1n) is 8.16. The van der Waals surface area contributed by atoms with Gasteiger partial charge in [0.2, 0.25) is 11.8 Å². The molecule has 3 amide bonds. The van der Waals surface area contributed by atoms with Crippen molar-refractivity contribution in [1.82, 2.24) is 5.32 Å². The number of nitrogens with one attached hydrogen (secondary N) is 4. The molecular weight excluding hydrogens is 332 g/mol. The van der Waals surface area contributed by atoms with E-state index in [9.17, 15) is 14.4 Å². The van der Waals surface area contributed by atoms with Crippen molar-refractivity contribution in [2.24, 2.45) is 0 Å². The number of hydrogen-bond donors (Lipinski definition) is 4. The van der Waals surface area contributed by atoms with Crippen molar-refractivity contribution in [3.8, 4) is 0 Å². The summed E-state index contributed by atoms with van der Waals surface area (Å²) < 4.78 is 0. The predicted octanol–water partition coefficient (Wildman–Crippen LogP) is 2.44. The molecule has 0 radical (unpaired) electrons. The smallest absolute Gasteiger partial charge is 0.251 e. The second kappa shape index (κ2) is 8.66. The van der Waals surface area contributed by atoms with Crippen LogP contribution in [0.15, 0.2) is 48.5 Å². The fourth-order valence-corrected chi connectivity index (χ4v) is 2.27. The van der Waals surface area contributed by atoms with Crippen molar-refractivity contribution < 1.29 is 14.4 Å². The summed E-state index contributed by atoms with van der Waals surface area (Å²) in [7, 11) is 1.57. The SMILES string of the molecule is CNC(=O)c1ccc(N[C@@H](C)C(=O)Nc2ccc(NC(C)=O)cc2)cc1. The van der Waals surface area contributed by atoms with Crippen LogP contribution in [0.1, 0.15) is 24.2 Å². The summed E-state index contributed by atoms with van der Waals surface area (Å²) in [5, 5.41) is 11.1. The molecule has 0 saturated heterocycles. The summed E-state index contributed by atoms with van der Waals surface area (Å²) in [5.74, 6) is -0.514. The minimum Gasteiger partial charge on any atom is -0.374 e. The zero-order chi connectivity index (χ0) is 19.1. The highest BCUT2D eigenvalue weighted by atomic mass is 16.2. The van der Waals surface area contributed by atoms with Crippen LogP contribution < -0.4 is 21.3 Å². The Morgan fingerprint density at radius 1 is 0.808 bits per heavy atom. The Kier molecular flexibility index (Phi) is 6.32. The molecule has 7 nitrogen and oxygen atoms in total. The summed E-state index contributed by atoms with van der Waals surface area (Å²) in [6, 6.07) is 13.3. The number of carbonyl (C=O) groups excluding carboxylic acids is 3. The van der Waals surface area contributed by atoms with E-state index in [1.165, 1.54) is 6.92 Å². The lowest BCUT2D eigenvalue weighted by molar-refractivity contribution is -0.116. The van der Waals surface area contributed by atoms with E-state index in [4.69, 9.17) is 0 Å². The third kappa shape index (κ3) is 5.34. The van der Waals surface area contributed by atoms with E-state index in [-0.39, 0.29) is 17.7 Å². The lowest BCUT2D eigenvalue weighted by Crippen LogP contribution is -2.31. The molecule has 2 aromatic rings. The highest BCUT2D eigenvalue weighted by Gasteiger charge is 2.13. The van der Waals surface area contributed by atoms with Crippen LogP contribution >= 0.6 is 0 Å². The van der Waals surface area contributed by atoms with Crippen LogP contribution in [0.4, 0.5) is 17.1 Å². The zero-order valence-electron chi connectivity index (χ0n) is 14.9. The molecule has 4 N–H and O–H groups in total. The third-order valence-corrected chi connectivity index (χ3v) is 3.62. The van der Waals surface area contributed by atoms with Crippen molar-refractivity contribution in [3.05, 3.63) is 54.1 Å². The van der Waals surface area contributed by atoms with Gasteiger partial charge in [-0.1, -0.05) is 0 Å². The molecule has 0 heterocycles. The van der Waals surface area contributed by atoms with E-state index in [0.29, 0.717) is 16.9 Å². The number of rotatable bonds is 6. The number of hydrogen-bond acceptors (Lipinski definition) is 4. The van der Waals surface area contributed by atoms with Crippen molar-refractivity contribution in [3.63, 3.8) is 0 Å². The minimum absolute atomic E-state index is 0.151. The van der Waals surface area contributed by atoms with Gasteiger partial charge in [-0.3, -0.25) is 14.4 Å². The van der Waals surface area contributed by atoms with Gasteiger partial charge < -0.3 is 21.3 Å². The van der Waals surface area contributed by atoms with E-state index in [1.54, 1.807) is 62.5 Å². The first-order valence-corrected chi connectivity index (χ1v) is 8.16. The Labute approximate surface area is 152 Å². The fourth-order valence-electron chi connectivity index (χ4n) is 2.27. The first-order chi connectivity index (χ1) is 12.4. The lowest BCUT2D eigenvalue weighted by Gasteiger charge is -2.16. The highest BCUT2D eigenvalue weighted by molar-refractivity contribution is 5.97. The molecule has 0 aliphatic carbocycles. The van der Waals surface area contributed by atoms with Crippen LogP contribution in [0, 0.1) is 0 Å². The maximum atomic E-state index is 12.3. The van der Waals surface area contributed by atoms with Crippen molar-refractivity contribution in [2.45, 2.75) is 19.9 Å². The molecule has 0 spiro atoms. The Morgan fingerprint density at radius 3 is 1.81 bits per heavy atom. The summed E-state index contributed by atoms with van der Waals surface area (Å²) in [6.07, 6.45) is 0. The lowest BCUT2D eigenvalue weighted by atomic mass is 10.2. The molecule has 0 fully saturated rings. The topological polar surface area (TPSA) is 99.3 Å². The van der Waals surface area contributed by atoms with Gasteiger partial charge in [0.15, 0.2) is 0 Å². The molecule has 0 aliphatic rings. The van der Waals surface area contributed by atoms with Gasteiger partial charge in [-0.15, -0.1) is 0 Å². The number of benzene rings is 2. The van der Waals surface area contributed by atoms with Crippen LogP contribution in [0.2, 0.25) is 0 Å². The van der Waals surface area contributed by atoms with Gasteiger partial charge in [0.25, 0.3) is 5.91 Å². The van der Waals surface area contributed by atoms with Gasteiger partial charge in [0, 0.05) is 36.6 Å². The minimum atomic E-state index is -0.476. The van der Waals surface area contributed by atoms with Crippen LogP contribution in [-0.2, 0) is 9.59 Å². The molecule has 2 rings (SSSR count). The molecular formula is C19H22N4O3. The standard InChI is InChI=1S/C19H22N4O3/c1-12(21-15-6-4-14(5-7-15)19(26)20-3)18(25)23-17-10-8-16(9-11-17)22-13(2)24/h4-12,21H,1-3H3,(H,20,26)(H,22,24)(H,23,25)/t12-/m0/s1. The Hall–Kier alpha value is -3.35. The summed E-state index contributed by atoms with van der Waals surface area (Å²) in [4.78, 5) is 34.8. The number of anilines is 3. The summed E-state index contributed by atoms with van der Waals surface area (Å²) >= 11 is 0. The second-order valence-electron chi connectivity index (χ2n) is 5.77. The van der Waals surface area contributed by atoms with Crippen molar-refractivity contribution >= 4 is 34.8 Å². The third-order valence-electron chi connectivity index (χ3n) is 3.62. The molecule has 0 aromatic heterocycles. The maximum absolute atomic E-state index is 12.3. The largest absolute Gasteiger partial charge is 0.374 e. The molecule has 26 heavy (non-hydrogen) atoms. The second-order valence-corrected chi connectivity index (χ2v) is 5.77. The molecule has 0 saturated carbocycles. The molecule has 136 valence electrons. The maximum Gasteiger partial charge on any atom is 0.251 e. The summed E-state index contributed by atoms with van der Waals surface area (Å²) in [5.41, 5.74) is 2.58. The summed E-state index contributed by atoms with van der Waals surface area (Å²) in [6.45, 7) is 3.18. The van der Waals surface area contributed by atoms with E-state index in [2.05, 4.69) is 21.3 Å². The van der Waals surface area contributed by atoms with Crippen LogP contribution in [0.5, 0.6) is 0 Å². The van der Waals surface area contributed by atoms with Gasteiger partial charge in [-0.2, -0.15) is 0 Å². The van der Waals surface area contributed by atoms with Gasteiger partial charge in [0.1, 0.15) is 6.04 Å². The van der Waals surface area contributed by atoms with E-state index >= 15 is 0 Å². The molecule has 0 bridgehead atoms. The van der Waals surface area contributed by atoms with E-state index < -0.39 is 6.04 Å². The monoisotopic (exact) mass is 354 g/mol. The van der Waals surface area contributed by atoms with Crippen LogP contribution in [0.3, 0.4) is 0 Å². The van der Waals surface area contributed by atoms with Crippen LogP contribution in [-0.4, -0.2) is 30.8 Å². The van der Waals surface area contributed by atoms with Crippen LogP contribution in [0.25, 0.3) is 0 Å². The van der Waals surface area contributed by atoms with E-state index in [0.717, 1.165) is 5.69 Å². The molecule has 1 atom stereocenters. The van der Waals surface area contributed by atoms with E-state index in [1.807, 2.05) is 0 Å². The van der Waals surface area contributed by atoms with Gasteiger partial charge in [-0.05, 0) is 55.5 Å². The fraction of sp³-hybridized carbons (Fsp3) is 0.211. The van der Waals surface area contributed by atoms with Gasteiger partial charge >= 0.3 is 0 Å². The Morgan fingerprint density at radius 2 is 1.31 bits per heavy atom. The van der Waals surface area contributed by atoms with Crippen molar-refractivity contribution in [2.75, 3.05) is 23.0 Å². The normalized spacial score (nSPS) is 11.2. The average Bonchev–Trinajstić information content (AvgIpc) is 2.62. The average molecular weight is 354 g/mol. The number of carbonyl (C=O) groups is 3. The predicted molar refractivity (Wildman–Crippen MR) is 102 cm³/mol.